The number of nitrogens with zero attached hydrogens (tertiary/aromatic N) is 3. The average molecular weight is 300 g/mol. The van der Waals surface area contributed by atoms with Gasteiger partial charge in [-0.2, -0.15) is 10.5 Å². The van der Waals surface area contributed by atoms with Crippen LogP contribution in [0.4, 0.5) is 5.82 Å². The van der Waals surface area contributed by atoms with Gasteiger partial charge in [-0.05, 0) is 19.1 Å². The number of aromatic nitrogens is 1. The van der Waals surface area contributed by atoms with Gasteiger partial charge >= 0.3 is 0 Å². The molecule has 0 saturated carbocycles. The number of hydrogen-bond donors (Lipinski definition) is 1. The number of allylic oxidation sites excluding steroid dienone is 3. The summed E-state index contributed by atoms with van der Waals surface area (Å²) in [7, 11) is 0. The zero-order valence-electron chi connectivity index (χ0n) is 10.9. The summed E-state index contributed by atoms with van der Waals surface area (Å²) in [5.41, 5.74) is 6.54. The fourth-order valence-corrected chi connectivity index (χ4v) is 3.57. The van der Waals surface area contributed by atoms with Gasteiger partial charge in [0.2, 0.25) is 0 Å². The van der Waals surface area contributed by atoms with Gasteiger partial charge in [-0.25, -0.2) is 4.98 Å². The molecule has 0 spiro atoms. The predicted molar refractivity (Wildman–Crippen MR) is 82.2 cm³/mol. The van der Waals surface area contributed by atoms with Crippen LogP contribution in [0.3, 0.4) is 0 Å². The predicted octanol–water partition coefficient (Wildman–Crippen LogP) is 3.46. The van der Waals surface area contributed by atoms with E-state index in [0.29, 0.717) is 15.5 Å². The Morgan fingerprint density at radius 1 is 1.25 bits per heavy atom. The molecule has 1 aromatic rings. The van der Waals surface area contributed by atoms with Crippen LogP contribution in [0.2, 0.25) is 0 Å². The summed E-state index contributed by atoms with van der Waals surface area (Å²) in [5.74, 6) is 0.179. The Morgan fingerprint density at radius 2 is 2.00 bits per heavy atom. The number of hydrogen-bond acceptors (Lipinski definition) is 6. The number of nitrogen functional groups attached to an aromatic ring is 1. The van der Waals surface area contributed by atoms with E-state index in [4.69, 9.17) is 11.0 Å². The van der Waals surface area contributed by atoms with Crippen LogP contribution in [0.5, 0.6) is 0 Å². The third-order valence-electron chi connectivity index (χ3n) is 2.75. The van der Waals surface area contributed by atoms with Gasteiger partial charge < -0.3 is 5.73 Å². The Balaban J connectivity index is 2.51. The molecule has 1 heterocycles. The Labute approximate surface area is 126 Å². The Morgan fingerprint density at radius 3 is 2.55 bits per heavy atom. The summed E-state index contributed by atoms with van der Waals surface area (Å²) in [4.78, 5) is 5.88. The minimum Gasteiger partial charge on any atom is -0.383 e. The fourth-order valence-electron chi connectivity index (χ4n) is 1.82. The lowest BCUT2D eigenvalue weighted by Crippen LogP contribution is -2.02. The number of pyridine rings is 1. The van der Waals surface area contributed by atoms with E-state index in [2.05, 4.69) is 23.2 Å². The lowest BCUT2D eigenvalue weighted by molar-refractivity contribution is 1.03. The summed E-state index contributed by atoms with van der Waals surface area (Å²) < 4.78 is 0. The van der Waals surface area contributed by atoms with Crippen molar-refractivity contribution in [3.05, 3.63) is 34.3 Å². The molecule has 0 bridgehead atoms. The zero-order chi connectivity index (χ0) is 14.5. The lowest BCUT2D eigenvalue weighted by Gasteiger charge is -2.12. The molecule has 0 unspecified atom stereocenters. The highest BCUT2D eigenvalue weighted by Gasteiger charge is 2.19. The Hall–Kier alpha value is -1.89. The van der Waals surface area contributed by atoms with Crippen molar-refractivity contribution in [1.29, 1.82) is 10.5 Å². The average Bonchev–Trinajstić information content (AvgIpc) is 2.47. The van der Waals surface area contributed by atoms with Crippen molar-refractivity contribution >= 4 is 29.3 Å². The molecular weight excluding hydrogens is 288 g/mol. The maximum absolute atomic E-state index is 9.37. The van der Waals surface area contributed by atoms with Crippen molar-refractivity contribution in [3.8, 4) is 12.1 Å². The Bertz CT molecular complexity index is 678. The highest BCUT2D eigenvalue weighted by molar-refractivity contribution is 8.03. The molecule has 2 rings (SSSR count). The van der Waals surface area contributed by atoms with Crippen molar-refractivity contribution in [2.45, 2.75) is 22.8 Å². The topological polar surface area (TPSA) is 86.5 Å². The molecule has 0 fully saturated rings. The Kier molecular flexibility index (Phi) is 4.73. The molecule has 0 amide bonds. The molecule has 20 heavy (non-hydrogen) atoms. The van der Waals surface area contributed by atoms with Gasteiger partial charge in [-0.1, -0.05) is 30.0 Å². The maximum Gasteiger partial charge on any atom is 0.143 e. The second-order valence-electron chi connectivity index (χ2n) is 4.00. The van der Waals surface area contributed by atoms with E-state index in [1.54, 1.807) is 0 Å². The van der Waals surface area contributed by atoms with E-state index in [9.17, 15) is 5.26 Å². The second kappa shape index (κ2) is 6.51. The molecule has 0 aliphatic heterocycles. The van der Waals surface area contributed by atoms with Gasteiger partial charge in [0.05, 0.1) is 5.56 Å². The highest BCUT2D eigenvalue weighted by atomic mass is 32.2. The number of nitriles is 2. The van der Waals surface area contributed by atoms with Crippen LogP contribution in [0.1, 0.15) is 24.0 Å². The van der Waals surface area contributed by atoms with E-state index in [0.717, 1.165) is 17.7 Å². The van der Waals surface area contributed by atoms with Gasteiger partial charge in [-0.3, -0.25) is 0 Å². The van der Waals surface area contributed by atoms with Crippen molar-refractivity contribution in [2.75, 3.05) is 12.0 Å². The highest BCUT2D eigenvalue weighted by Crippen LogP contribution is 2.37. The normalized spacial score (nSPS) is 13.4. The molecule has 0 saturated heterocycles. The molecule has 2 N–H and O–H groups in total. The van der Waals surface area contributed by atoms with Crippen molar-refractivity contribution in [2.24, 2.45) is 0 Å². The monoisotopic (exact) mass is 300 g/mol. The fraction of sp³-hybridized carbons (Fsp3) is 0.214. The number of anilines is 1. The smallest absolute Gasteiger partial charge is 0.143 e. The number of rotatable bonds is 3. The third kappa shape index (κ3) is 2.82. The quantitative estimate of drug-likeness (QED) is 0.860. The molecule has 1 aromatic heterocycles. The molecule has 0 radical (unpaired) electrons. The number of nitrogens with two attached hydrogens (primary N) is 1. The van der Waals surface area contributed by atoms with Gasteiger partial charge in [0.1, 0.15) is 28.5 Å². The van der Waals surface area contributed by atoms with Crippen LogP contribution >= 0.6 is 23.5 Å². The standard InChI is InChI=1S/C14H12N4S2/c1-19-12-10(7-15)13(17)18-14(11(12)8-16)20-9-5-3-2-4-6-9/h3,5-6H,2,4H2,1H3,(H2,17,18). The second-order valence-corrected chi connectivity index (χ2v) is 5.88. The molecular formula is C14H12N4S2. The minimum absolute atomic E-state index is 0.179. The van der Waals surface area contributed by atoms with Crippen LogP contribution in [-0.2, 0) is 0 Å². The zero-order valence-corrected chi connectivity index (χ0v) is 12.5. The lowest BCUT2D eigenvalue weighted by atomic mass is 10.2. The molecule has 4 nitrogen and oxygen atoms in total. The largest absolute Gasteiger partial charge is 0.383 e. The molecule has 0 atom stereocenters. The third-order valence-corrected chi connectivity index (χ3v) is 4.59. The molecule has 1 aliphatic carbocycles. The SMILES string of the molecule is CSc1c(C#N)c(N)nc(SC2=CCCC=C2)c1C#N. The first kappa shape index (κ1) is 14.5. The first-order valence-electron chi connectivity index (χ1n) is 5.93. The molecule has 1 aliphatic rings. The summed E-state index contributed by atoms with van der Waals surface area (Å²) in [5, 5.41) is 19.1. The van der Waals surface area contributed by atoms with Crippen LogP contribution in [0.25, 0.3) is 0 Å². The first-order chi connectivity index (χ1) is 9.71. The van der Waals surface area contributed by atoms with E-state index in [1.807, 2.05) is 18.4 Å². The maximum atomic E-state index is 9.37. The van der Waals surface area contributed by atoms with Crippen LogP contribution < -0.4 is 5.73 Å². The van der Waals surface area contributed by atoms with Crippen LogP contribution in [0, 0.1) is 22.7 Å². The van der Waals surface area contributed by atoms with E-state index >= 15 is 0 Å². The van der Waals surface area contributed by atoms with Crippen LogP contribution in [0.15, 0.2) is 33.1 Å². The summed E-state index contributed by atoms with van der Waals surface area (Å²) in [6, 6.07) is 4.17. The van der Waals surface area contributed by atoms with Crippen molar-refractivity contribution < 1.29 is 0 Å². The summed E-state index contributed by atoms with van der Waals surface area (Å²) in [6.07, 6.45) is 10.1. The molecule has 0 aromatic carbocycles. The number of thioether (sulfide) groups is 2. The van der Waals surface area contributed by atoms with Crippen molar-refractivity contribution in [1.82, 2.24) is 4.98 Å². The van der Waals surface area contributed by atoms with E-state index in [1.165, 1.54) is 23.5 Å². The van der Waals surface area contributed by atoms with Crippen LogP contribution in [-0.4, -0.2) is 11.2 Å². The van der Waals surface area contributed by atoms with Crippen molar-refractivity contribution in [3.63, 3.8) is 0 Å². The summed E-state index contributed by atoms with van der Waals surface area (Å²) in [6.45, 7) is 0. The van der Waals surface area contributed by atoms with Gasteiger partial charge in [0.15, 0.2) is 0 Å². The minimum atomic E-state index is 0.179. The van der Waals surface area contributed by atoms with E-state index < -0.39 is 0 Å². The van der Waals surface area contributed by atoms with Gasteiger partial charge in [-0.15, -0.1) is 11.8 Å². The van der Waals surface area contributed by atoms with Gasteiger partial charge in [0.25, 0.3) is 0 Å². The van der Waals surface area contributed by atoms with E-state index in [-0.39, 0.29) is 11.4 Å². The van der Waals surface area contributed by atoms with Gasteiger partial charge in [0, 0.05) is 9.80 Å². The molecule has 6 heteroatoms. The summed E-state index contributed by atoms with van der Waals surface area (Å²) >= 11 is 2.76. The molecule has 100 valence electrons. The first-order valence-corrected chi connectivity index (χ1v) is 7.97.